The van der Waals surface area contributed by atoms with Crippen molar-refractivity contribution in [1.82, 2.24) is 14.8 Å². The lowest BCUT2D eigenvalue weighted by molar-refractivity contribution is -0.0109. The highest BCUT2D eigenvalue weighted by molar-refractivity contribution is 5.61. The second-order valence-electron chi connectivity index (χ2n) is 10.8. The minimum Gasteiger partial charge on any atom is -0.490 e. The monoisotopic (exact) mass is 536 g/mol. The van der Waals surface area contributed by atoms with Crippen molar-refractivity contribution < 1.29 is 18.6 Å². The zero-order valence-corrected chi connectivity index (χ0v) is 23.2. The van der Waals surface area contributed by atoms with Crippen LogP contribution in [0, 0.1) is 11.7 Å². The Bertz CT molecular complexity index is 1160. The standard InChI is InChI=1S/C31H41FN4O3/c1-3-27(36-22-33-21-34-36)17-23-5-11-30(28(18-23)25-7-9-26(32)10-8-25)39-20-24-6-12-31-29(19-24)35(14-16-38-31)13-4-15-37-2/h6-10,12,19,21-23,27-28,30H,3-5,11,13-18,20H2,1-2H3/t23-,27-,28+,30-/m0/s1. The molecule has 3 aromatic rings. The largest absolute Gasteiger partial charge is 0.490 e. The maximum atomic E-state index is 13.8. The first-order valence-electron chi connectivity index (χ1n) is 14.3. The zero-order valence-electron chi connectivity index (χ0n) is 23.2. The van der Waals surface area contributed by atoms with Gasteiger partial charge in [0.05, 0.1) is 31.0 Å². The Balaban J connectivity index is 1.27. The van der Waals surface area contributed by atoms with Gasteiger partial charge in [0.1, 0.15) is 30.8 Å². The van der Waals surface area contributed by atoms with E-state index in [4.69, 9.17) is 14.2 Å². The van der Waals surface area contributed by atoms with E-state index in [9.17, 15) is 4.39 Å². The second-order valence-corrected chi connectivity index (χ2v) is 10.8. The first-order chi connectivity index (χ1) is 19.1. The molecule has 0 unspecified atom stereocenters. The molecule has 0 bridgehead atoms. The van der Waals surface area contributed by atoms with Crippen molar-refractivity contribution in [2.24, 2.45) is 5.92 Å². The van der Waals surface area contributed by atoms with Crippen LogP contribution >= 0.6 is 0 Å². The highest BCUT2D eigenvalue weighted by Gasteiger charge is 2.34. The van der Waals surface area contributed by atoms with Gasteiger partial charge in [0.15, 0.2) is 0 Å². The Hall–Kier alpha value is -2.97. The summed E-state index contributed by atoms with van der Waals surface area (Å²) in [6.45, 7) is 6.03. The molecule has 0 saturated heterocycles. The quantitative estimate of drug-likeness (QED) is 0.258. The normalized spacial score (nSPS) is 21.8. The van der Waals surface area contributed by atoms with Crippen molar-refractivity contribution >= 4 is 5.69 Å². The molecule has 1 aliphatic heterocycles. The summed E-state index contributed by atoms with van der Waals surface area (Å²) in [4.78, 5) is 6.53. The lowest BCUT2D eigenvalue weighted by Crippen LogP contribution is -2.34. The number of anilines is 1. The Morgan fingerprint density at radius 1 is 1.15 bits per heavy atom. The van der Waals surface area contributed by atoms with Crippen LogP contribution in [0.1, 0.15) is 68.5 Å². The van der Waals surface area contributed by atoms with E-state index in [1.165, 1.54) is 0 Å². The fourth-order valence-electron chi connectivity index (χ4n) is 6.20. The molecule has 4 atom stereocenters. The number of ether oxygens (including phenoxy) is 3. The number of halogens is 1. The van der Waals surface area contributed by atoms with Gasteiger partial charge in [0.2, 0.25) is 0 Å². The Labute approximate surface area is 231 Å². The minimum absolute atomic E-state index is 0.0863. The molecule has 0 amide bonds. The van der Waals surface area contributed by atoms with Gasteiger partial charge in [-0.1, -0.05) is 25.1 Å². The van der Waals surface area contributed by atoms with Gasteiger partial charge in [-0.3, -0.25) is 0 Å². The third-order valence-corrected chi connectivity index (χ3v) is 8.30. The summed E-state index contributed by atoms with van der Waals surface area (Å²) >= 11 is 0. The van der Waals surface area contributed by atoms with Gasteiger partial charge in [0.25, 0.3) is 0 Å². The van der Waals surface area contributed by atoms with Gasteiger partial charge >= 0.3 is 0 Å². The van der Waals surface area contributed by atoms with Gasteiger partial charge in [-0.05, 0) is 79.8 Å². The molecular weight excluding hydrogens is 495 g/mol. The van der Waals surface area contributed by atoms with Crippen molar-refractivity contribution in [3.8, 4) is 5.75 Å². The van der Waals surface area contributed by atoms with Gasteiger partial charge < -0.3 is 19.1 Å². The van der Waals surface area contributed by atoms with E-state index < -0.39 is 0 Å². The Morgan fingerprint density at radius 3 is 2.79 bits per heavy atom. The van der Waals surface area contributed by atoms with Crippen LogP contribution in [0.4, 0.5) is 10.1 Å². The Kier molecular flexibility index (Phi) is 9.48. The molecule has 2 heterocycles. The van der Waals surface area contributed by atoms with Gasteiger partial charge in [0, 0.05) is 26.2 Å². The highest BCUT2D eigenvalue weighted by atomic mass is 19.1. The molecule has 0 spiro atoms. The predicted molar refractivity (Wildman–Crippen MR) is 150 cm³/mol. The average molecular weight is 537 g/mol. The zero-order chi connectivity index (χ0) is 27.0. The number of benzene rings is 2. The van der Waals surface area contributed by atoms with Crippen LogP contribution in [0.15, 0.2) is 55.1 Å². The number of aromatic nitrogens is 3. The maximum absolute atomic E-state index is 13.8. The van der Waals surface area contributed by atoms with Crippen molar-refractivity contribution in [1.29, 1.82) is 0 Å². The second kappa shape index (κ2) is 13.4. The summed E-state index contributed by atoms with van der Waals surface area (Å²) in [5.41, 5.74) is 3.44. The van der Waals surface area contributed by atoms with E-state index in [1.807, 2.05) is 23.1 Å². The number of rotatable bonds is 12. The third kappa shape index (κ3) is 6.97. The number of nitrogens with zero attached hydrogens (tertiary/aromatic N) is 4. The van der Waals surface area contributed by atoms with E-state index in [-0.39, 0.29) is 17.8 Å². The molecule has 1 aliphatic carbocycles. The summed E-state index contributed by atoms with van der Waals surface area (Å²) in [5.74, 6) is 1.51. The number of hydrogen-bond acceptors (Lipinski definition) is 6. The number of hydrogen-bond donors (Lipinski definition) is 0. The van der Waals surface area contributed by atoms with Crippen LogP contribution in [-0.2, 0) is 16.1 Å². The fraction of sp³-hybridized carbons (Fsp3) is 0.548. The van der Waals surface area contributed by atoms with E-state index >= 15 is 0 Å². The van der Waals surface area contributed by atoms with Gasteiger partial charge in [-0.25, -0.2) is 14.1 Å². The molecule has 210 valence electrons. The molecule has 1 aromatic heterocycles. The highest BCUT2D eigenvalue weighted by Crippen LogP contribution is 2.42. The van der Waals surface area contributed by atoms with Gasteiger partial charge in [-0.15, -0.1) is 0 Å². The molecule has 7 nitrogen and oxygen atoms in total. The maximum Gasteiger partial charge on any atom is 0.142 e. The lowest BCUT2D eigenvalue weighted by Gasteiger charge is -2.38. The molecule has 1 saturated carbocycles. The van der Waals surface area contributed by atoms with E-state index in [2.05, 4.69) is 40.1 Å². The molecule has 8 heteroatoms. The summed E-state index contributed by atoms with van der Waals surface area (Å²) in [6.07, 6.45) is 9.70. The molecular formula is C31H41FN4O3. The van der Waals surface area contributed by atoms with Crippen molar-refractivity contribution in [3.63, 3.8) is 0 Å². The van der Waals surface area contributed by atoms with Gasteiger partial charge in [-0.2, -0.15) is 5.10 Å². The van der Waals surface area contributed by atoms with Crippen LogP contribution < -0.4 is 9.64 Å². The van der Waals surface area contributed by atoms with Crippen LogP contribution in [0.25, 0.3) is 0 Å². The van der Waals surface area contributed by atoms with Crippen molar-refractivity contribution in [2.75, 3.05) is 38.3 Å². The fourth-order valence-corrected chi connectivity index (χ4v) is 6.20. The molecule has 0 radical (unpaired) electrons. The van der Waals surface area contributed by atoms with Crippen LogP contribution in [-0.4, -0.2) is 54.3 Å². The third-order valence-electron chi connectivity index (χ3n) is 8.30. The first kappa shape index (κ1) is 27.6. The molecule has 2 aromatic carbocycles. The average Bonchev–Trinajstić information content (AvgIpc) is 3.51. The molecule has 1 fully saturated rings. The van der Waals surface area contributed by atoms with Crippen molar-refractivity contribution in [2.45, 2.75) is 70.1 Å². The molecule has 39 heavy (non-hydrogen) atoms. The first-order valence-corrected chi connectivity index (χ1v) is 14.3. The van der Waals surface area contributed by atoms with Crippen LogP contribution in [0.3, 0.4) is 0 Å². The number of methoxy groups -OCH3 is 1. The SMILES string of the molecule is CC[C@@H](C[C@@H]1CC[C@H](OCc2ccc3c(c2)N(CCCOC)CCO3)[C@@H](c2ccc(F)cc2)C1)n1cncn1. The van der Waals surface area contributed by atoms with Crippen LogP contribution in [0.5, 0.6) is 5.75 Å². The smallest absolute Gasteiger partial charge is 0.142 e. The molecule has 5 rings (SSSR count). The molecule has 0 N–H and O–H groups in total. The summed E-state index contributed by atoms with van der Waals surface area (Å²) in [6, 6.07) is 13.7. The van der Waals surface area contributed by atoms with Crippen molar-refractivity contribution in [3.05, 3.63) is 72.1 Å². The predicted octanol–water partition coefficient (Wildman–Crippen LogP) is 6.16. The van der Waals surface area contributed by atoms with E-state index in [1.54, 1.807) is 25.6 Å². The topological polar surface area (TPSA) is 61.6 Å². The summed E-state index contributed by atoms with van der Waals surface area (Å²) in [7, 11) is 1.74. The van der Waals surface area contributed by atoms with Crippen LogP contribution in [0.2, 0.25) is 0 Å². The summed E-state index contributed by atoms with van der Waals surface area (Å²) in [5, 5.41) is 4.39. The van der Waals surface area contributed by atoms with E-state index in [0.717, 1.165) is 80.8 Å². The van der Waals surface area contributed by atoms with E-state index in [0.29, 0.717) is 25.2 Å². The lowest BCUT2D eigenvalue weighted by atomic mass is 9.74. The number of fused-ring (bicyclic) bond motifs is 1. The summed E-state index contributed by atoms with van der Waals surface area (Å²) < 4.78 is 33.6. The minimum atomic E-state index is -0.202. The Morgan fingerprint density at radius 2 is 2.03 bits per heavy atom. The molecule has 2 aliphatic rings.